The Hall–Kier alpha value is -0.850. The molecule has 17 heavy (non-hydrogen) atoms. The molecule has 0 aromatic heterocycles. The molecular formula is C11H24N2O4. The third kappa shape index (κ3) is 5.86. The maximum absolute atomic E-state index is 10.5. The zero-order valence-electron chi connectivity index (χ0n) is 11.0. The molecule has 0 radical (unpaired) electrons. The van der Waals surface area contributed by atoms with Gasteiger partial charge < -0.3 is 20.7 Å². The Morgan fingerprint density at radius 3 is 2.35 bits per heavy atom. The lowest BCUT2D eigenvalue weighted by Crippen LogP contribution is -2.52. The lowest BCUT2D eigenvalue weighted by atomic mass is 9.82. The van der Waals surface area contributed by atoms with E-state index in [9.17, 15) is 9.90 Å². The van der Waals surface area contributed by atoms with Gasteiger partial charge in [-0.15, -0.1) is 0 Å². The Labute approximate surface area is 102 Å². The monoisotopic (exact) mass is 248 g/mol. The summed E-state index contributed by atoms with van der Waals surface area (Å²) in [4.78, 5) is 12.3. The molecule has 4 N–H and O–H groups in total. The third-order valence-corrected chi connectivity index (χ3v) is 2.58. The molecule has 0 saturated carbocycles. The average molecular weight is 248 g/mol. The summed E-state index contributed by atoms with van der Waals surface area (Å²) in [7, 11) is 1.81. The second-order valence-corrected chi connectivity index (χ2v) is 5.21. The minimum absolute atomic E-state index is 0.00643. The van der Waals surface area contributed by atoms with E-state index >= 15 is 0 Å². The highest BCUT2D eigenvalue weighted by molar-refractivity contribution is 5.64. The normalized spacial score (nSPS) is 15.7. The number of carbonyl (C=O) groups is 1. The van der Waals surface area contributed by atoms with E-state index in [0.717, 1.165) is 0 Å². The number of likely N-dealkylation sites (N-methyl/N-ethyl adjacent to an activating group) is 1. The van der Waals surface area contributed by atoms with Crippen LogP contribution in [0.1, 0.15) is 20.8 Å². The Morgan fingerprint density at radius 2 is 2.00 bits per heavy atom. The van der Waals surface area contributed by atoms with Gasteiger partial charge in [0.1, 0.15) is 12.7 Å². The van der Waals surface area contributed by atoms with E-state index in [0.29, 0.717) is 6.54 Å². The number of aliphatic hydroxyl groups excluding tert-OH is 2. The van der Waals surface area contributed by atoms with E-state index in [2.05, 4.69) is 4.74 Å². The van der Waals surface area contributed by atoms with Gasteiger partial charge >= 0.3 is 6.09 Å². The van der Waals surface area contributed by atoms with Gasteiger partial charge in [0.25, 0.3) is 0 Å². The number of ether oxygens (including phenoxy) is 1. The highest BCUT2D eigenvalue weighted by Gasteiger charge is 2.34. The van der Waals surface area contributed by atoms with Gasteiger partial charge in [0.05, 0.1) is 6.61 Å². The fourth-order valence-corrected chi connectivity index (χ4v) is 2.09. The van der Waals surface area contributed by atoms with Crippen LogP contribution >= 0.6 is 0 Å². The minimum Gasteiger partial charge on any atom is -0.447 e. The fraction of sp³-hybridized carbons (Fsp3) is 0.909. The number of hydrogen-bond donors (Lipinski definition) is 3. The fourth-order valence-electron chi connectivity index (χ4n) is 2.09. The number of nitrogens with two attached hydrogens (primary N) is 1. The Kier molecular flexibility index (Phi) is 6.44. The van der Waals surface area contributed by atoms with Gasteiger partial charge in [-0.2, -0.15) is 0 Å². The van der Waals surface area contributed by atoms with Crippen molar-refractivity contribution in [3.8, 4) is 0 Å². The molecule has 1 amide bonds. The summed E-state index contributed by atoms with van der Waals surface area (Å²) in [6, 6.07) is -0.242. The van der Waals surface area contributed by atoms with Gasteiger partial charge in [-0.1, -0.05) is 20.8 Å². The highest BCUT2D eigenvalue weighted by Crippen LogP contribution is 2.26. The van der Waals surface area contributed by atoms with Crippen LogP contribution in [-0.2, 0) is 4.74 Å². The molecule has 0 saturated heterocycles. The van der Waals surface area contributed by atoms with Crippen LogP contribution in [0.15, 0.2) is 0 Å². The highest BCUT2D eigenvalue weighted by atomic mass is 16.6. The zero-order valence-corrected chi connectivity index (χ0v) is 11.0. The molecule has 6 nitrogen and oxygen atoms in total. The Morgan fingerprint density at radius 1 is 1.47 bits per heavy atom. The van der Waals surface area contributed by atoms with Gasteiger partial charge in [-0.25, -0.2) is 4.79 Å². The van der Waals surface area contributed by atoms with Crippen LogP contribution in [0.4, 0.5) is 4.79 Å². The summed E-state index contributed by atoms with van der Waals surface area (Å²) in [5.74, 6) is 0. The summed E-state index contributed by atoms with van der Waals surface area (Å²) >= 11 is 0. The third-order valence-electron chi connectivity index (χ3n) is 2.58. The molecule has 0 aromatic rings. The van der Waals surface area contributed by atoms with E-state index in [4.69, 9.17) is 10.8 Å². The van der Waals surface area contributed by atoms with E-state index in [1.165, 1.54) is 0 Å². The molecule has 0 rings (SSSR count). The lowest BCUT2D eigenvalue weighted by molar-refractivity contribution is -0.0327. The van der Waals surface area contributed by atoms with Gasteiger partial charge in [0, 0.05) is 12.6 Å². The number of aliphatic hydroxyl groups is 2. The van der Waals surface area contributed by atoms with Gasteiger partial charge in [0.15, 0.2) is 0 Å². The first-order valence-electron chi connectivity index (χ1n) is 5.61. The first kappa shape index (κ1) is 16.1. The first-order valence-corrected chi connectivity index (χ1v) is 5.61. The van der Waals surface area contributed by atoms with Crippen molar-refractivity contribution in [3.63, 3.8) is 0 Å². The zero-order chi connectivity index (χ0) is 13.6. The lowest BCUT2D eigenvalue weighted by Gasteiger charge is -2.40. The van der Waals surface area contributed by atoms with E-state index in [-0.39, 0.29) is 24.7 Å². The first-order chi connectivity index (χ1) is 7.70. The molecule has 0 fully saturated rings. The maximum atomic E-state index is 10.5. The predicted molar refractivity (Wildman–Crippen MR) is 64.5 cm³/mol. The maximum Gasteiger partial charge on any atom is 0.404 e. The van der Waals surface area contributed by atoms with Crippen LogP contribution in [0.25, 0.3) is 0 Å². The van der Waals surface area contributed by atoms with Crippen LogP contribution in [0.5, 0.6) is 0 Å². The van der Waals surface area contributed by atoms with Crippen molar-refractivity contribution in [1.82, 2.24) is 4.90 Å². The second kappa shape index (κ2) is 6.78. The van der Waals surface area contributed by atoms with Crippen molar-refractivity contribution in [1.29, 1.82) is 0 Å². The summed E-state index contributed by atoms with van der Waals surface area (Å²) < 4.78 is 4.61. The van der Waals surface area contributed by atoms with E-state index < -0.39 is 12.2 Å². The number of amides is 1. The van der Waals surface area contributed by atoms with Crippen LogP contribution in [0.2, 0.25) is 0 Å². The van der Waals surface area contributed by atoms with Crippen molar-refractivity contribution >= 4 is 6.09 Å². The number of carbonyl (C=O) groups excluding carboxylic acids is 1. The number of nitrogens with zero attached hydrogens (tertiary/aromatic N) is 1. The Balaban J connectivity index is 4.62. The van der Waals surface area contributed by atoms with Crippen LogP contribution < -0.4 is 5.73 Å². The topological polar surface area (TPSA) is 96.0 Å². The molecule has 0 spiro atoms. The molecule has 0 aliphatic rings. The van der Waals surface area contributed by atoms with Crippen molar-refractivity contribution in [3.05, 3.63) is 0 Å². The molecule has 0 aliphatic carbocycles. The quantitative estimate of drug-likeness (QED) is 0.604. The largest absolute Gasteiger partial charge is 0.447 e. The van der Waals surface area contributed by atoms with Crippen LogP contribution in [-0.4, -0.2) is 60.2 Å². The molecule has 2 unspecified atom stereocenters. The molecule has 0 aliphatic heterocycles. The predicted octanol–water partition coefficient (Wildman–Crippen LogP) is -0.219. The summed E-state index contributed by atoms with van der Waals surface area (Å²) in [6.45, 7) is 6.21. The molecule has 0 aromatic carbocycles. The average Bonchev–Trinajstić information content (AvgIpc) is 2.12. The van der Waals surface area contributed by atoms with Crippen molar-refractivity contribution in [2.45, 2.75) is 32.9 Å². The number of primary amides is 1. The molecule has 102 valence electrons. The smallest absolute Gasteiger partial charge is 0.404 e. The number of hydrogen-bond acceptors (Lipinski definition) is 5. The molecule has 6 heteroatoms. The molecule has 0 heterocycles. The van der Waals surface area contributed by atoms with E-state index in [1.807, 2.05) is 25.7 Å². The standard InChI is InChI=1S/C11H24N2O4/c1-11(2,3)9(13(4)5-6-14)8(15)7-17-10(12)16/h8-9,14-15H,5-7H2,1-4H3,(H2,12,16). The summed E-state index contributed by atoms with van der Waals surface area (Å²) in [5, 5.41) is 19.0. The minimum atomic E-state index is -0.901. The molecule has 0 bridgehead atoms. The van der Waals surface area contributed by atoms with Gasteiger partial charge in [-0.3, -0.25) is 4.90 Å². The van der Waals surface area contributed by atoms with Crippen LogP contribution in [0.3, 0.4) is 0 Å². The molecular weight excluding hydrogens is 224 g/mol. The van der Waals surface area contributed by atoms with Crippen LogP contribution in [0, 0.1) is 5.41 Å². The van der Waals surface area contributed by atoms with Gasteiger partial charge in [0.2, 0.25) is 0 Å². The van der Waals surface area contributed by atoms with Crippen molar-refractivity contribution in [2.75, 3.05) is 26.8 Å². The summed E-state index contributed by atoms with van der Waals surface area (Å²) in [5.41, 5.74) is 4.64. The Bertz CT molecular complexity index is 240. The summed E-state index contributed by atoms with van der Waals surface area (Å²) in [6.07, 6.45) is -1.75. The molecule has 2 atom stereocenters. The van der Waals surface area contributed by atoms with Crippen molar-refractivity contribution in [2.24, 2.45) is 11.1 Å². The van der Waals surface area contributed by atoms with Crippen molar-refractivity contribution < 1.29 is 19.7 Å². The number of rotatable bonds is 6. The SMILES string of the molecule is CN(CCO)C(C(O)COC(N)=O)C(C)(C)C. The second-order valence-electron chi connectivity index (χ2n) is 5.21. The van der Waals surface area contributed by atoms with Gasteiger partial charge in [-0.05, 0) is 12.5 Å². The van der Waals surface area contributed by atoms with E-state index in [1.54, 1.807) is 7.05 Å².